The monoisotopic (exact) mass is 292 g/mol. The standard InChI is InChI=1S/C15H20N2O4/c16-15(21)12-5-3-4-11(10-12)8-9-17-13(18)6-1-2-7-14(19)20/h3-5,10H,1-2,6-9H2,(H2,16,21)(H,17,18)(H,19,20). The lowest BCUT2D eigenvalue weighted by Gasteiger charge is -2.06. The van der Waals surface area contributed by atoms with Crippen LogP contribution in [0, 0.1) is 0 Å². The molecule has 4 N–H and O–H groups in total. The van der Waals surface area contributed by atoms with E-state index in [9.17, 15) is 14.4 Å². The summed E-state index contributed by atoms with van der Waals surface area (Å²) in [6.07, 6.45) is 2.10. The number of carbonyl (C=O) groups is 3. The number of primary amides is 1. The van der Waals surface area contributed by atoms with Gasteiger partial charge in [0.1, 0.15) is 0 Å². The highest BCUT2D eigenvalue weighted by atomic mass is 16.4. The number of hydrogen-bond donors (Lipinski definition) is 3. The second-order valence-corrected chi connectivity index (χ2v) is 4.77. The van der Waals surface area contributed by atoms with E-state index < -0.39 is 11.9 Å². The molecular weight excluding hydrogens is 272 g/mol. The molecule has 0 saturated carbocycles. The molecule has 6 heteroatoms. The van der Waals surface area contributed by atoms with Crippen LogP contribution in [-0.4, -0.2) is 29.4 Å². The van der Waals surface area contributed by atoms with Crippen LogP contribution < -0.4 is 11.1 Å². The Bertz CT molecular complexity index is 514. The minimum Gasteiger partial charge on any atom is -0.481 e. The van der Waals surface area contributed by atoms with E-state index in [1.54, 1.807) is 18.2 Å². The van der Waals surface area contributed by atoms with Crippen LogP contribution in [0.2, 0.25) is 0 Å². The van der Waals surface area contributed by atoms with Crippen molar-refractivity contribution >= 4 is 17.8 Å². The molecule has 1 aromatic rings. The van der Waals surface area contributed by atoms with Gasteiger partial charge in [-0.05, 0) is 37.0 Å². The summed E-state index contributed by atoms with van der Waals surface area (Å²) in [6.45, 7) is 0.472. The van der Waals surface area contributed by atoms with E-state index in [4.69, 9.17) is 10.8 Å². The van der Waals surface area contributed by atoms with Crippen molar-refractivity contribution < 1.29 is 19.5 Å². The summed E-state index contributed by atoms with van der Waals surface area (Å²) in [5, 5.41) is 11.2. The number of aliphatic carboxylic acids is 1. The van der Waals surface area contributed by atoms with Crippen molar-refractivity contribution in [2.24, 2.45) is 5.73 Å². The topological polar surface area (TPSA) is 109 Å². The lowest BCUT2D eigenvalue weighted by atomic mass is 10.1. The first-order valence-corrected chi connectivity index (χ1v) is 6.86. The first kappa shape index (κ1) is 16.7. The first-order valence-electron chi connectivity index (χ1n) is 6.86. The molecule has 0 atom stereocenters. The second-order valence-electron chi connectivity index (χ2n) is 4.77. The molecule has 0 fully saturated rings. The van der Waals surface area contributed by atoms with E-state index >= 15 is 0 Å². The van der Waals surface area contributed by atoms with Gasteiger partial charge in [-0.15, -0.1) is 0 Å². The van der Waals surface area contributed by atoms with Crippen LogP contribution in [0.4, 0.5) is 0 Å². The molecule has 0 radical (unpaired) electrons. The van der Waals surface area contributed by atoms with Gasteiger partial charge in [-0.25, -0.2) is 0 Å². The van der Waals surface area contributed by atoms with Gasteiger partial charge in [0.2, 0.25) is 11.8 Å². The number of hydrogen-bond acceptors (Lipinski definition) is 3. The van der Waals surface area contributed by atoms with Crippen molar-refractivity contribution in [3.05, 3.63) is 35.4 Å². The minimum atomic E-state index is -0.843. The fourth-order valence-electron chi connectivity index (χ4n) is 1.88. The van der Waals surface area contributed by atoms with Crippen molar-refractivity contribution in [1.82, 2.24) is 5.32 Å². The van der Waals surface area contributed by atoms with Gasteiger partial charge in [0.05, 0.1) is 0 Å². The van der Waals surface area contributed by atoms with Gasteiger partial charge in [-0.1, -0.05) is 12.1 Å². The highest BCUT2D eigenvalue weighted by molar-refractivity contribution is 5.92. The molecule has 6 nitrogen and oxygen atoms in total. The van der Waals surface area contributed by atoms with Gasteiger partial charge >= 0.3 is 5.97 Å². The maximum Gasteiger partial charge on any atom is 0.303 e. The fraction of sp³-hybridized carbons (Fsp3) is 0.400. The van der Waals surface area contributed by atoms with Crippen LogP contribution in [0.25, 0.3) is 0 Å². The average Bonchev–Trinajstić information content (AvgIpc) is 2.44. The smallest absolute Gasteiger partial charge is 0.303 e. The Morgan fingerprint density at radius 1 is 1.14 bits per heavy atom. The molecule has 0 aliphatic carbocycles. The molecule has 1 rings (SSSR count). The minimum absolute atomic E-state index is 0.0905. The van der Waals surface area contributed by atoms with Crippen LogP contribution in [-0.2, 0) is 16.0 Å². The zero-order valence-corrected chi connectivity index (χ0v) is 11.8. The third-order valence-electron chi connectivity index (χ3n) is 2.99. The first-order chi connectivity index (χ1) is 9.99. The maximum absolute atomic E-state index is 11.5. The summed E-state index contributed by atoms with van der Waals surface area (Å²) in [4.78, 5) is 32.9. The van der Waals surface area contributed by atoms with E-state index in [-0.39, 0.29) is 12.3 Å². The predicted molar refractivity (Wildman–Crippen MR) is 77.8 cm³/mol. The Morgan fingerprint density at radius 2 is 1.86 bits per heavy atom. The third kappa shape index (κ3) is 7.10. The van der Waals surface area contributed by atoms with Crippen LogP contribution in [0.3, 0.4) is 0 Å². The molecule has 0 unspecified atom stereocenters. The van der Waals surface area contributed by atoms with E-state index in [1.165, 1.54) is 0 Å². The number of carbonyl (C=O) groups excluding carboxylic acids is 2. The number of rotatable bonds is 9. The Labute approximate surface area is 123 Å². The van der Waals surface area contributed by atoms with Crippen LogP contribution in [0.15, 0.2) is 24.3 Å². The van der Waals surface area contributed by atoms with Gasteiger partial charge < -0.3 is 16.2 Å². The Balaban J connectivity index is 2.23. The zero-order valence-electron chi connectivity index (χ0n) is 11.8. The van der Waals surface area contributed by atoms with Gasteiger partial charge in [-0.2, -0.15) is 0 Å². The Morgan fingerprint density at radius 3 is 2.52 bits per heavy atom. The number of amides is 2. The SMILES string of the molecule is NC(=O)c1cccc(CCNC(=O)CCCCC(=O)O)c1. The predicted octanol–water partition coefficient (Wildman–Crippen LogP) is 1.09. The molecule has 0 heterocycles. The van der Waals surface area contributed by atoms with Gasteiger partial charge in [0, 0.05) is 24.9 Å². The largest absolute Gasteiger partial charge is 0.481 e. The molecule has 0 aromatic heterocycles. The summed E-state index contributed by atoms with van der Waals surface area (Å²) in [7, 11) is 0. The molecule has 0 bridgehead atoms. The summed E-state index contributed by atoms with van der Waals surface area (Å²) >= 11 is 0. The lowest BCUT2D eigenvalue weighted by Crippen LogP contribution is -2.25. The van der Waals surface area contributed by atoms with Crippen molar-refractivity contribution in [2.75, 3.05) is 6.54 Å². The van der Waals surface area contributed by atoms with E-state index in [1.807, 2.05) is 6.07 Å². The number of carboxylic acids is 1. The van der Waals surface area contributed by atoms with Crippen LogP contribution in [0.5, 0.6) is 0 Å². The Hall–Kier alpha value is -2.37. The highest BCUT2D eigenvalue weighted by Gasteiger charge is 2.04. The van der Waals surface area contributed by atoms with E-state index in [2.05, 4.69) is 5.32 Å². The normalized spacial score (nSPS) is 10.1. The van der Waals surface area contributed by atoms with Crippen molar-refractivity contribution in [2.45, 2.75) is 32.1 Å². The molecule has 0 saturated heterocycles. The summed E-state index contributed by atoms with van der Waals surface area (Å²) in [5.41, 5.74) is 6.58. The maximum atomic E-state index is 11.5. The third-order valence-corrected chi connectivity index (χ3v) is 2.99. The summed E-state index contributed by atoms with van der Waals surface area (Å²) < 4.78 is 0. The van der Waals surface area contributed by atoms with Crippen LogP contribution in [0.1, 0.15) is 41.6 Å². The van der Waals surface area contributed by atoms with Crippen molar-refractivity contribution in [3.63, 3.8) is 0 Å². The van der Waals surface area contributed by atoms with Gasteiger partial charge in [-0.3, -0.25) is 14.4 Å². The number of unbranched alkanes of at least 4 members (excludes halogenated alkanes) is 1. The molecule has 0 aliphatic heterocycles. The molecule has 114 valence electrons. The molecule has 2 amide bonds. The molecular formula is C15H20N2O4. The molecule has 0 spiro atoms. The highest BCUT2D eigenvalue weighted by Crippen LogP contribution is 2.05. The molecule has 21 heavy (non-hydrogen) atoms. The number of carboxylic acid groups (broad SMARTS) is 1. The summed E-state index contributed by atoms with van der Waals surface area (Å²) in [5.74, 6) is -1.41. The zero-order chi connectivity index (χ0) is 15.7. The second kappa shape index (κ2) is 8.73. The van der Waals surface area contributed by atoms with Gasteiger partial charge in [0.15, 0.2) is 0 Å². The Kier molecular flexibility index (Phi) is 6.94. The average molecular weight is 292 g/mol. The molecule has 1 aromatic carbocycles. The lowest BCUT2D eigenvalue weighted by molar-refractivity contribution is -0.137. The molecule has 0 aliphatic rings. The van der Waals surface area contributed by atoms with Gasteiger partial charge in [0.25, 0.3) is 0 Å². The number of nitrogens with one attached hydrogen (secondary N) is 1. The van der Waals surface area contributed by atoms with Crippen LogP contribution >= 0.6 is 0 Å². The van der Waals surface area contributed by atoms with E-state index in [0.717, 1.165) is 5.56 Å². The fourth-order valence-corrected chi connectivity index (χ4v) is 1.88. The van der Waals surface area contributed by atoms with E-state index in [0.29, 0.717) is 37.8 Å². The van der Waals surface area contributed by atoms with Crippen molar-refractivity contribution in [1.29, 1.82) is 0 Å². The van der Waals surface area contributed by atoms with Crippen molar-refractivity contribution in [3.8, 4) is 0 Å². The number of benzene rings is 1. The quantitative estimate of drug-likeness (QED) is 0.592. The number of nitrogens with two attached hydrogens (primary N) is 1. The summed E-state index contributed by atoms with van der Waals surface area (Å²) in [6, 6.07) is 6.98.